The first-order valence-corrected chi connectivity index (χ1v) is 6.13. The lowest BCUT2D eigenvalue weighted by atomic mass is 10.1. The third-order valence-corrected chi connectivity index (χ3v) is 2.56. The van der Waals surface area contributed by atoms with Crippen molar-refractivity contribution >= 4 is 0 Å². The number of hydrogen-bond donors (Lipinski definition) is 1. The second-order valence-corrected chi connectivity index (χ2v) is 3.93. The summed E-state index contributed by atoms with van der Waals surface area (Å²) >= 11 is 0. The summed E-state index contributed by atoms with van der Waals surface area (Å²) in [6, 6.07) is 0. The van der Waals surface area contributed by atoms with E-state index in [0.717, 1.165) is 25.7 Å². The molecule has 0 radical (unpaired) electrons. The average molecular weight is 214 g/mol. The van der Waals surface area contributed by atoms with Crippen molar-refractivity contribution in [2.45, 2.75) is 58.0 Å². The Labute approximate surface area is 94.3 Å². The molecule has 0 aromatic rings. The van der Waals surface area contributed by atoms with Gasteiger partial charge in [0.2, 0.25) is 0 Å². The lowest BCUT2D eigenvalue weighted by Crippen LogP contribution is -2.08. The molecule has 0 spiro atoms. The summed E-state index contributed by atoms with van der Waals surface area (Å²) in [5, 5.41) is 8.61. The molecule has 0 amide bonds. The first kappa shape index (κ1) is 14.7. The number of aliphatic hydroxyl groups is 1. The van der Waals surface area contributed by atoms with E-state index in [4.69, 9.17) is 9.84 Å². The Kier molecular flexibility index (Phi) is 11.5. The van der Waals surface area contributed by atoms with Crippen LogP contribution in [0.2, 0.25) is 0 Å². The van der Waals surface area contributed by atoms with Crippen molar-refractivity contribution in [2.24, 2.45) is 0 Å². The first-order valence-electron chi connectivity index (χ1n) is 6.13. The molecule has 0 saturated carbocycles. The van der Waals surface area contributed by atoms with Crippen LogP contribution in [0.5, 0.6) is 0 Å². The van der Waals surface area contributed by atoms with Crippen LogP contribution < -0.4 is 0 Å². The van der Waals surface area contributed by atoms with Crippen LogP contribution in [0.25, 0.3) is 0 Å². The highest BCUT2D eigenvalue weighted by Gasteiger charge is 2.03. The highest BCUT2D eigenvalue weighted by atomic mass is 16.5. The van der Waals surface area contributed by atoms with Crippen LogP contribution in [-0.4, -0.2) is 24.9 Å². The molecule has 15 heavy (non-hydrogen) atoms. The van der Waals surface area contributed by atoms with Gasteiger partial charge in [-0.1, -0.05) is 38.3 Å². The highest BCUT2D eigenvalue weighted by Crippen LogP contribution is 2.10. The predicted molar refractivity (Wildman–Crippen MR) is 65.0 cm³/mol. The van der Waals surface area contributed by atoms with Crippen LogP contribution in [-0.2, 0) is 4.74 Å². The van der Waals surface area contributed by atoms with Gasteiger partial charge in [-0.15, -0.1) is 0 Å². The average Bonchev–Trinajstić information content (AvgIpc) is 2.26. The van der Waals surface area contributed by atoms with Crippen molar-refractivity contribution in [1.82, 2.24) is 0 Å². The molecule has 0 aliphatic rings. The van der Waals surface area contributed by atoms with Gasteiger partial charge in [-0.25, -0.2) is 0 Å². The normalized spacial score (nSPS) is 13.5. The zero-order valence-corrected chi connectivity index (χ0v) is 10.2. The predicted octanol–water partition coefficient (Wildman–Crippen LogP) is 3.30. The minimum atomic E-state index is 0.286. The number of unbranched alkanes of at least 4 members (excludes halogenated alkanes) is 3. The van der Waals surface area contributed by atoms with Gasteiger partial charge in [-0.05, 0) is 25.7 Å². The van der Waals surface area contributed by atoms with Crippen molar-refractivity contribution in [3.63, 3.8) is 0 Å². The van der Waals surface area contributed by atoms with Crippen molar-refractivity contribution in [3.05, 3.63) is 12.2 Å². The molecule has 0 saturated heterocycles. The Balaban J connectivity index is 3.46. The standard InChI is InChI=1S/C13H26O2/c1-3-4-7-10-13(15-2)11-8-5-6-9-12-14/h5,8,13-14H,3-4,6-7,9-12H2,1-2H3/b8-5-. The molecule has 1 unspecified atom stereocenters. The van der Waals surface area contributed by atoms with E-state index in [9.17, 15) is 0 Å². The smallest absolute Gasteiger partial charge is 0.0605 e. The van der Waals surface area contributed by atoms with Gasteiger partial charge in [-0.3, -0.25) is 0 Å². The van der Waals surface area contributed by atoms with Crippen LogP contribution >= 0.6 is 0 Å². The molecule has 0 aliphatic heterocycles. The number of ether oxygens (including phenoxy) is 1. The third-order valence-electron chi connectivity index (χ3n) is 2.56. The third kappa shape index (κ3) is 9.95. The molecule has 0 aromatic heterocycles. The van der Waals surface area contributed by atoms with Crippen molar-refractivity contribution < 1.29 is 9.84 Å². The van der Waals surface area contributed by atoms with E-state index in [2.05, 4.69) is 19.1 Å². The van der Waals surface area contributed by atoms with Crippen molar-refractivity contribution in [3.8, 4) is 0 Å². The molecule has 0 rings (SSSR count). The number of hydrogen-bond acceptors (Lipinski definition) is 2. The number of rotatable bonds is 10. The van der Waals surface area contributed by atoms with Gasteiger partial charge in [-0.2, -0.15) is 0 Å². The second kappa shape index (κ2) is 11.7. The molecule has 90 valence electrons. The topological polar surface area (TPSA) is 29.5 Å². The van der Waals surface area contributed by atoms with Gasteiger partial charge in [0.15, 0.2) is 0 Å². The lowest BCUT2D eigenvalue weighted by molar-refractivity contribution is 0.0953. The van der Waals surface area contributed by atoms with E-state index < -0.39 is 0 Å². The summed E-state index contributed by atoms with van der Waals surface area (Å²) in [4.78, 5) is 0. The number of allylic oxidation sites excluding steroid dienone is 1. The summed E-state index contributed by atoms with van der Waals surface area (Å²) in [6.45, 7) is 2.51. The van der Waals surface area contributed by atoms with Crippen LogP contribution in [0.3, 0.4) is 0 Å². The molecule has 1 atom stereocenters. The van der Waals surface area contributed by atoms with Gasteiger partial charge in [0.05, 0.1) is 6.10 Å². The van der Waals surface area contributed by atoms with Crippen molar-refractivity contribution in [2.75, 3.05) is 13.7 Å². The molecule has 2 heteroatoms. The summed E-state index contributed by atoms with van der Waals surface area (Å²) < 4.78 is 5.40. The van der Waals surface area contributed by atoms with E-state index in [1.807, 2.05) is 0 Å². The van der Waals surface area contributed by atoms with Crippen LogP contribution in [0.15, 0.2) is 12.2 Å². The zero-order chi connectivity index (χ0) is 11.4. The Morgan fingerprint density at radius 2 is 2.00 bits per heavy atom. The van der Waals surface area contributed by atoms with Gasteiger partial charge >= 0.3 is 0 Å². The maximum Gasteiger partial charge on any atom is 0.0605 e. The van der Waals surface area contributed by atoms with Crippen LogP contribution in [0, 0.1) is 0 Å². The first-order chi connectivity index (χ1) is 7.35. The number of aliphatic hydroxyl groups excluding tert-OH is 1. The van der Waals surface area contributed by atoms with Crippen molar-refractivity contribution in [1.29, 1.82) is 0 Å². The Bertz CT molecular complexity index is 143. The molecule has 0 aromatic carbocycles. The summed E-state index contributed by atoms with van der Waals surface area (Å²) in [7, 11) is 1.79. The molecule has 0 bridgehead atoms. The molecular weight excluding hydrogens is 188 g/mol. The lowest BCUT2D eigenvalue weighted by Gasteiger charge is -2.12. The summed E-state index contributed by atoms with van der Waals surface area (Å²) in [5.74, 6) is 0. The van der Waals surface area contributed by atoms with Crippen LogP contribution in [0.4, 0.5) is 0 Å². The fraction of sp³-hybridized carbons (Fsp3) is 0.846. The van der Waals surface area contributed by atoms with Gasteiger partial charge < -0.3 is 9.84 Å². The largest absolute Gasteiger partial charge is 0.396 e. The second-order valence-electron chi connectivity index (χ2n) is 3.93. The van der Waals surface area contributed by atoms with Gasteiger partial charge in [0.25, 0.3) is 0 Å². The van der Waals surface area contributed by atoms with E-state index in [-0.39, 0.29) is 6.61 Å². The van der Waals surface area contributed by atoms with Gasteiger partial charge in [0.1, 0.15) is 0 Å². The summed E-state index contributed by atoms with van der Waals surface area (Å²) in [5.41, 5.74) is 0. The summed E-state index contributed by atoms with van der Waals surface area (Å²) in [6.07, 6.45) is 12.5. The van der Waals surface area contributed by atoms with E-state index in [1.54, 1.807) is 7.11 Å². The molecule has 0 aliphatic carbocycles. The van der Waals surface area contributed by atoms with Crippen LogP contribution in [0.1, 0.15) is 51.9 Å². The van der Waals surface area contributed by atoms with E-state index in [0.29, 0.717) is 6.10 Å². The quantitative estimate of drug-likeness (QED) is 0.446. The molecular formula is C13H26O2. The molecule has 2 nitrogen and oxygen atoms in total. The minimum absolute atomic E-state index is 0.286. The van der Waals surface area contributed by atoms with Gasteiger partial charge in [0, 0.05) is 13.7 Å². The SMILES string of the molecule is CCCCCC(C/C=C\CCCO)OC. The Hall–Kier alpha value is -0.340. The molecule has 1 N–H and O–H groups in total. The molecule has 0 heterocycles. The maximum atomic E-state index is 8.61. The minimum Gasteiger partial charge on any atom is -0.396 e. The molecule has 0 fully saturated rings. The number of methoxy groups -OCH3 is 1. The van der Waals surface area contributed by atoms with E-state index >= 15 is 0 Å². The van der Waals surface area contributed by atoms with E-state index in [1.165, 1.54) is 19.3 Å². The fourth-order valence-corrected chi connectivity index (χ4v) is 1.53. The monoisotopic (exact) mass is 214 g/mol. The fourth-order valence-electron chi connectivity index (χ4n) is 1.53. The Morgan fingerprint density at radius 1 is 1.20 bits per heavy atom. The Morgan fingerprint density at radius 3 is 2.60 bits per heavy atom. The maximum absolute atomic E-state index is 8.61. The zero-order valence-electron chi connectivity index (χ0n) is 10.2. The highest BCUT2D eigenvalue weighted by molar-refractivity contribution is 4.84.